The minimum atomic E-state index is -3.61. The van der Waals surface area contributed by atoms with Crippen LogP contribution in [0.5, 0.6) is 5.75 Å². The summed E-state index contributed by atoms with van der Waals surface area (Å²) in [5.74, 6) is 0.824. The molecule has 1 saturated heterocycles. The van der Waals surface area contributed by atoms with Crippen LogP contribution in [0.1, 0.15) is 37.5 Å². The minimum absolute atomic E-state index is 0.0606. The van der Waals surface area contributed by atoms with Crippen molar-refractivity contribution < 1.29 is 16.6 Å². The number of hydrogen-bond donors (Lipinski definition) is 0. The van der Waals surface area contributed by atoms with Gasteiger partial charge in [0.15, 0.2) is 0 Å². The van der Waals surface area contributed by atoms with Crippen LogP contribution in [-0.2, 0) is 11.9 Å². The maximum atomic E-state index is 7.55. The molecule has 0 amide bonds. The van der Waals surface area contributed by atoms with Crippen molar-refractivity contribution in [3.8, 4) is 5.75 Å². The molecule has 0 unspecified atom stereocenters. The molecular formula is C28H32Cl2N2ORu. The Morgan fingerprint density at radius 2 is 1.26 bits per heavy atom. The molecule has 6 heteroatoms. The zero-order valence-corrected chi connectivity index (χ0v) is 23.6. The van der Waals surface area contributed by atoms with Crippen LogP contribution in [0.15, 0.2) is 72.8 Å². The summed E-state index contributed by atoms with van der Waals surface area (Å²) in [6.45, 7) is 12.1. The number of hydrogen-bond acceptors (Lipinski definition) is 3. The Morgan fingerprint density at radius 1 is 0.794 bits per heavy atom. The number of ether oxygens (including phenoxy) is 1. The van der Waals surface area contributed by atoms with Crippen LogP contribution in [0, 0.1) is 13.8 Å². The number of anilines is 2. The molecule has 0 radical (unpaired) electrons. The van der Waals surface area contributed by atoms with Crippen molar-refractivity contribution in [1.82, 2.24) is 0 Å². The Hall–Kier alpha value is -2.00. The maximum absolute atomic E-state index is 7.55. The summed E-state index contributed by atoms with van der Waals surface area (Å²) >= 11 is -3.61. The van der Waals surface area contributed by atoms with E-state index in [4.69, 9.17) is 24.1 Å². The third-order valence-corrected chi connectivity index (χ3v) is 13.7. The molecule has 0 bridgehead atoms. The second-order valence-corrected chi connectivity index (χ2v) is 18.3. The van der Waals surface area contributed by atoms with Crippen LogP contribution in [0.4, 0.5) is 11.4 Å². The Bertz CT molecular complexity index is 1260. The molecule has 1 aliphatic rings. The summed E-state index contributed by atoms with van der Waals surface area (Å²) in [4.78, 5) is 4.67. The molecule has 34 heavy (non-hydrogen) atoms. The van der Waals surface area contributed by atoms with E-state index < -0.39 is 11.9 Å². The SMILES string of the molecule is C[C](c1ccccc1OC(C)C)=[Ru]([Cl])([Cl])=[C]1N(c2ccccc2C)CCN1c1ccccc1C. The fourth-order valence-corrected chi connectivity index (χ4v) is 10.3. The summed E-state index contributed by atoms with van der Waals surface area (Å²) in [6, 6.07) is 25.0. The molecule has 0 saturated carbocycles. The van der Waals surface area contributed by atoms with E-state index in [-0.39, 0.29) is 6.10 Å². The number of rotatable bonds is 5. The van der Waals surface area contributed by atoms with E-state index in [1.54, 1.807) is 0 Å². The summed E-state index contributed by atoms with van der Waals surface area (Å²) in [6.07, 6.45) is 0.0606. The Kier molecular flexibility index (Phi) is 7.62. The van der Waals surface area contributed by atoms with E-state index in [1.807, 2.05) is 32.0 Å². The molecule has 3 aromatic carbocycles. The Balaban J connectivity index is 2.04. The monoisotopic (exact) mass is 584 g/mol. The van der Waals surface area contributed by atoms with Crippen molar-refractivity contribution in [2.75, 3.05) is 22.9 Å². The first-order valence-corrected chi connectivity index (χ1v) is 17.7. The van der Waals surface area contributed by atoms with Gasteiger partial charge in [0.05, 0.1) is 0 Å². The fourth-order valence-electron chi connectivity index (χ4n) is 4.27. The molecular weight excluding hydrogens is 552 g/mol. The summed E-state index contributed by atoms with van der Waals surface area (Å²) < 4.78 is 8.16. The topological polar surface area (TPSA) is 15.7 Å². The van der Waals surface area contributed by atoms with Gasteiger partial charge in [-0.15, -0.1) is 0 Å². The predicted molar refractivity (Wildman–Crippen MR) is 146 cm³/mol. The van der Waals surface area contributed by atoms with Gasteiger partial charge in [0.1, 0.15) is 0 Å². The molecule has 0 spiro atoms. The van der Waals surface area contributed by atoms with Gasteiger partial charge < -0.3 is 0 Å². The number of nitrogens with zero attached hydrogens (tertiary/aromatic N) is 2. The first-order valence-electron chi connectivity index (χ1n) is 11.5. The first-order chi connectivity index (χ1) is 16.2. The summed E-state index contributed by atoms with van der Waals surface area (Å²) in [7, 11) is 15.1. The fraction of sp³-hybridized carbons (Fsp3) is 0.286. The van der Waals surface area contributed by atoms with Gasteiger partial charge in [-0.3, -0.25) is 0 Å². The summed E-state index contributed by atoms with van der Waals surface area (Å²) in [5.41, 5.74) is 5.70. The Labute approximate surface area is 213 Å². The second-order valence-electron chi connectivity index (χ2n) is 8.72. The van der Waals surface area contributed by atoms with Crippen molar-refractivity contribution in [3.05, 3.63) is 89.5 Å². The van der Waals surface area contributed by atoms with Gasteiger partial charge in [-0.25, -0.2) is 0 Å². The first kappa shape index (κ1) is 25.1. The van der Waals surface area contributed by atoms with E-state index in [0.717, 1.165) is 44.2 Å². The molecule has 1 heterocycles. The van der Waals surface area contributed by atoms with Crippen LogP contribution >= 0.6 is 19.4 Å². The zero-order valence-electron chi connectivity index (χ0n) is 20.3. The van der Waals surface area contributed by atoms with Gasteiger partial charge >= 0.3 is 215 Å². The van der Waals surface area contributed by atoms with Gasteiger partial charge in [0, 0.05) is 0 Å². The van der Waals surface area contributed by atoms with Crippen LogP contribution in [0.25, 0.3) is 0 Å². The van der Waals surface area contributed by atoms with E-state index in [2.05, 4.69) is 85.2 Å². The third-order valence-electron chi connectivity index (χ3n) is 5.94. The molecule has 0 N–H and O–H groups in total. The van der Waals surface area contributed by atoms with Crippen LogP contribution in [0.3, 0.4) is 0 Å². The van der Waals surface area contributed by atoms with Gasteiger partial charge in [-0.1, -0.05) is 0 Å². The molecule has 0 aliphatic carbocycles. The van der Waals surface area contributed by atoms with Crippen molar-refractivity contribution in [3.63, 3.8) is 0 Å². The van der Waals surface area contributed by atoms with Crippen molar-refractivity contribution >= 4 is 39.2 Å². The van der Waals surface area contributed by atoms with E-state index >= 15 is 0 Å². The molecule has 0 atom stereocenters. The number of benzene rings is 3. The summed E-state index contributed by atoms with van der Waals surface area (Å²) in [5, 5.41) is 0. The van der Waals surface area contributed by atoms with Gasteiger partial charge in [-0.2, -0.15) is 0 Å². The molecule has 1 aliphatic heterocycles. The zero-order chi connectivity index (χ0) is 24.5. The van der Waals surface area contributed by atoms with Crippen LogP contribution in [0.2, 0.25) is 0 Å². The molecule has 3 nitrogen and oxygen atoms in total. The molecule has 0 aromatic heterocycles. The number of aryl methyl sites for hydroxylation is 2. The van der Waals surface area contributed by atoms with Crippen molar-refractivity contribution in [1.29, 1.82) is 0 Å². The average molecular weight is 585 g/mol. The number of halogens is 2. The number of para-hydroxylation sites is 3. The standard InChI is InChI=1S/C17H18N2.C11H14O.2ClH.Ru/c1-14-7-3-5-9-16(14)18-11-12-19(13-18)17-10-6-4-8-15(17)2;1-4-10-7-5-6-8-11(10)12-9(2)3;;;/h3-10H,11-12H2,1-2H3;5-9H,1-3H3;2*1H;/q;;;;+2/p-2. The predicted octanol–water partition coefficient (Wildman–Crippen LogP) is 7.21. The second kappa shape index (κ2) is 10.3. The van der Waals surface area contributed by atoms with Crippen molar-refractivity contribution in [2.24, 2.45) is 0 Å². The average Bonchev–Trinajstić information content (AvgIpc) is 3.25. The normalized spacial score (nSPS) is 14.6. The van der Waals surface area contributed by atoms with Crippen LogP contribution in [-0.4, -0.2) is 27.7 Å². The Morgan fingerprint density at radius 3 is 1.76 bits per heavy atom. The van der Waals surface area contributed by atoms with Gasteiger partial charge in [0.2, 0.25) is 0 Å². The molecule has 182 valence electrons. The molecule has 4 rings (SSSR count). The molecule has 3 aromatic rings. The van der Waals surface area contributed by atoms with Crippen LogP contribution < -0.4 is 14.5 Å². The van der Waals surface area contributed by atoms with Gasteiger partial charge in [0.25, 0.3) is 0 Å². The quantitative estimate of drug-likeness (QED) is 0.295. The van der Waals surface area contributed by atoms with Gasteiger partial charge in [-0.05, 0) is 0 Å². The molecule has 1 fully saturated rings. The van der Waals surface area contributed by atoms with E-state index in [9.17, 15) is 0 Å². The van der Waals surface area contributed by atoms with E-state index in [1.165, 1.54) is 11.1 Å². The third kappa shape index (κ3) is 4.87. The van der Waals surface area contributed by atoms with Crippen molar-refractivity contribution in [2.45, 2.75) is 40.7 Å². The van der Waals surface area contributed by atoms with E-state index in [0.29, 0.717) is 0 Å².